The van der Waals surface area contributed by atoms with Crippen molar-refractivity contribution < 1.29 is 9.18 Å². The fraction of sp³-hybridized carbons (Fsp3) is 0.417. The van der Waals surface area contributed by atoms with E-state index in [1.807, 2.05) is 0 Å². The van der Waals surface area contributed by atoms with Crippen LogP contribution in [0.4, 0.5) is 4.39 Å². The number of hydrogen-bond donors (Lipinski definition) is 2. The molecule has 94 valence electrons. The van der Waals surface area contributed by atoms with E-state index in [4.69, 9.17) is 11.6 Å². The van der Waals surface area contributed by atoms with Gasteiger partial charge in [-0.25, -0.2) is 4.39 Å². The van der Waals surface area contributed by atoms with Crippen LogP contribution in [0.15, 0.2) is 18.2 Å². The smallest absolute Gasteiger partial charge is 0.251 e. The largest absolute Gasteiger partial charge is 0.351 e. The summed E-state index contributed by atoms with van der Waals surface area (Å²) in [6.07, 6.45) is 1.05. The minimum Gasteiger partial charge on any atom is -0.351 e. The normalized spacial score (nSPS) is 10.3. The number of nitrogens with one attached hydrogen (secondary N) is 2. The van der Waals surface area contributed by atoms with Gasteiger partial charge in [-0.3, -0.25) is 4.79 Å². The summed E-state index contributed by atoms with van der Waals surface area (Å²) < 4.78 is 13.1. The fourth-order valence-corrected chi connectivity index (χ4v) is 1.42. The van der Waals surface area contributed by atoms with Crippen molar-refractivity contribution in [2.24, 2.45) is 0 Å². The maximum atomic E-state index is 13.1. The van der Waals surface area contributed by atoms with Gasteiger partial charge in [0.25, 0.3) is 5.91 Å². The van der Waals surface area contributed by atoms with E-state index >= 15 is 0 Å². The molecule has 1 rings (SSSR count). The maximum Gasteiger partial charge on any atom is 0.251 e. The van der Waals surface area contributed by atoms with Crippen LogP contribution < -0.4 is 10.6 Å². The molecule has 0 spiro atoms. The van der Waals surface area contributed by atoms with Crippen LogP contribution in [-0.4, -0.2) is 25.5 Å². The monoisotopic (exact) mass is 258 g/mol. The molecule has 0 aliphatic rings. The summed E-state index contributed by atoms with van der Waals surface area (Å²) >= 11 is 5.53. The fourth-order valence-electron chi connectivity index (χ4n) is 1.31. The van der Waals surface area contributed by atoms with E-state index in [-0.39, 0.29) is 16.5 Å². The van der Waals surface area contributed by atoms with Crippen molar-refractivity contribution in [3.63, 3.8) is 0 Å². The lowest BCUT2D eigenvalue weighted by Crippen LogP contribution is -2.32. The Hall–Kier alpha value is -1.13. The number of rotatable bonds is 6. The summed E-state index contributed by atoms with van der Waals surface area (Å²) in [6, 6.07) is 4.01. The van der Waals surface area contributed by atoms with E-state index in [0.717, 1.165) is 19.0 Å². The summed E-state index contributed by atoms with van der Waals surface area (Å²) in [5.41, 5.74) is 0.280. The molecule has 0 aromatic heterocycles. The minimum atomic E-state index is -0.580. The van der Waals surface area contributed by atoms with Gasteiger partial charge >= 0.3 is 0 Å². The lowest BCUT2D eigenvalue weighted by atomic mass is 10.2. The van der Waals surface area contributed by atoms with Crippen LogP contribution >= 0.6 is 11.6 Å². The van der Waals surface area contributed by atoms with Crippen LogP contribution in [0.3, 0.4) is 0 Å². The molecule has 3 nitrogen and oxygen atoms in total. The van der Waals surface area contributed by atoms with Crippen molar-refractivity contribution in [2.75, 3.05) is 19.6 Å². The van der Waals surface area contributed by atoms with Gasteiger partial charge in [-0.1, -0.05) is 18.5 Å². The highest BCUT2D eigenvalue weighted by Crippen LogP contribution is 2.15. The summed E-state index contributed by atoms with van der Waals surface area (Å²) in [5.74, 6) is -0.873. The maximum absolute atomic E-state index is 13.1. The first-order chi connectivity index (χ1) is 8.15. The molecule has 17 heavy (non-hydrogen) atoms. The van der Waals surface area contributed by atoms with Gasteiger partial charge in [0.15, 0.2) is 0 Å². The van der Waals surface area contributed by atoms with Gasteiger partial charge in [0, 0.05) is 18.7 Å². The number of benzene rings is 1. The highest BCUT2D eigenvalue weighted by atomic mass is 35.5. The van der Waals surface area contributed by atoms with Crippen LogP contribution in [0.2, 0.25) is 5.02 Å². The van der Waals surface area contributed by atoms with E-state index in [2.05, 4.69) is 17.6 Å². The highest BCUT2D eigenvalue weighted by molar-refractivity contribution is 6.30. The van der Waals surface area contributed by atoms with Gasteiger partial charge in [-0.2, -0.15) is 0 Å². The number of halogens is 2. The number of carbonyl (C=O) groups is 1. The molecule has 0 heterocycles. The molecule has 1 aromatic rings. The third-order valence-corrected chi connectivity index (χ3v) is 2.50. The van der Waals surface area contributed by atoms with Crippen molar-refractivity contribution in [3.05, 3.63) is 34.6 Å². The summed E-state index contributed by atoms with van der Waals surface area (Å²) in [4.78, 5) is 11.6. The first kappa shape index (κ1) is 13.9. The second-order valence-corrected chi connectivity index (χ2v) is 4.04. The molecule has 0 bridgehead atoms. The number of hydrogen-bond acceptors (Lipinski definition) is 2. The second-order valence-electron chi connectivity index (χ2n) is 3.63. The SMILES string of the molecule is CCCNCCNC(=O)c1ccc(Cl)c(F)c1. The van der Waals surface area contributed by atoms with Crippen LogP contribution in [0.1, 0.15) is 23.7 Å². The average molecular weight is 259 g/mol. The van der Waals surface area contributed by atoms with Crippen LogP contribution in [0.25, 0.3) is 0 Å². The zero-order chi connectivity index (χ0) is 12.7. The van der Waals surface area contributed by atoms with Crippen LogP contribution in [0.5, 0.6) is 0 Å². The molecule has 0 fully saturated rings. The molecule has 0 radical (unpaired) electrons. The van der Waals surface area contributed by atoms with Crippen molar-refractivity contribution in [1.82, 2.24) is 10.6 Å². The number of amides is 1. The van der Waals surface area contributed by atoms with Crippen LogP contribution in [-0.2, 0) is 0 Å². The Bertz CT molecular complexity index is 385. The molecule has 0 saturated heterocycles. The molecule has 0 unspecified atom stereocenters. The van der Waals surface area contributed by atoms with E-state index in [1.165, 1.54) is 12.1 Å². The molecular weight excluding hydrogens is 243 g/mol. The van der Waals surface area contributed by atoms with Crippen LogP contribution in [0, 0.1) is 5.82 Å². The Morgan fingerprint density at radius 3 is 2.76 bits per heavy atom. The molecule has 2 N–H and O–H groups in total. The molecule has 1 aromatic carbocycles. The van der Waals surface area contributed by atoms with E-state index in [9.17, 15) is 9.18 Å². The lowest BCUT2D eigenvalue weighted by molar-refractivity contribution is 0.0953. The van der Waals surface area contributed by atoms with E-state index < -0.39 is 5.82 Å². The second kappa shape index (κ2) is 7.25. The number of carbonyl (C=O) groups excluding carboxylic acids is 1. The summed E-state index contributed by atoms with van der Waals surface area (Å²) in [5, 5.41) is 5.87. The molecular formula is C12H16ClFN2O. The minimum absolute atomic E-state index is 0.0196. The lowest BCUT2D eigenvalue weighted by Gasteiger charge is -2.06. The standard InChI is InChI=1S/C12H16ClFN2O/c1-2-5-15-6-7-16-12(17)9-3-4-10(13)11(14)8-9/h3-4,8,15H,2,5-7H2,1H3,(H,16,17). The zero-order valence-electron chi connectivity index (χ0n) is 9.72. The van der Waals surface area contributed by atoms with Crippen molar-refractivity contribution in [2.45, 2.75) is 13.3 Å². The molecule has 0 aliphatic carbocycles. The Morgan fingerprint density at radius 2 is 2.12 bits per heavy atom. The van der Waals surface area contributed by atoms with Crippen molar-refractivity contribution >= 4 is 17.5 Å². The Morgan fingerprint density at radius 1 is 1.35 bits per heavy atom. The van der Waals surface area contributed by atoms with Crippen molar-refractivity contribution in [3.8, 4) is 0 Å². The predicted octanol–water partition coefficient (Wildman–Crippen LogP) is 2.21. The highest BCUT2D eigenvalue weighted by Gasteiger charge is 2.07. The summed E-state index contributed by atoms with van der Waals surface area (Å²) in [7, 11) is 0. The third-order valence-electron chi connectivity index (χ3n) is 2.20. The van der Waals surface area contributed by atoms with Gasteiger partial charge in [0.2, 0.25) is 0 Å². The van der Waals surface area contributed by atoms with E-state index in [0.29, 0.717) is 13.1 Å². The molecule has 0 atom stereocenters. The Kier molecular flexibility index (Phi) is 5.94. The van der Waals surface area contributed by atoms with E-state index in [1.54, 1.807) is 0 Å². The van der Waals surface area contributed by atoms with Crippen molar-refractivity contribution in [1.29, 1.82) is 0 Å². The molecule has 1 amide bonds. The van der Waals surface area contributed by atoms with Gasteiger partial charge in [0.1, 0.15) is 5.82 Å². The van der Waals surface area contributed by atoms with Gasteiger partial charge < -0.3 is 10.6 Å². The zero-order valence-corrected chi connectivity index (χ0v) is 10.5. The quantitative estimate of drug-likeness (QED) is 0.768. The average Bonchev–Trinajstić information content (AvgIpc) is 2.32. The van der Waals surface area contributed by atoms with Gasteiger partial charge in [-0.05, 0) is 31.2 Å². The van der Waals surface area contributed by atoms with Gasteiger partial charge in [-0.15, -0.1) is 0 Å². The third kappa shape index (κ3) is 4.71. The summed E-state index contributed by atoms with van der Waals surface area (Å²) in [6.45, 7) is 4.21. The Balaban J connectivity index is 2.39. The molecule has 5 heteroatoms. The molecule has 0 saturated carbocycles. The van der Waals surface area contributed by atoms with Gasteiger partial charge in [0.05, 0.1) is 5.02 Å². The first-order valence-electron chi connectivity index (χ1n) is 5.59. The Labute approximate surface area is 105 Å². The predicted molar refractivity (Wildman–Crippen MR) is 66.9 cm³/mol. The topological polar surface area (TPSA) is 41.1 Å². The first-order valence-corrected chi connectivity index (χ1v) is 5.97. The molecule has 0 aliphatic heterocycles.